The quantitative estimate of drug-likeness (QED) is 0.554. The van der Waals surface area contributed by atoms with Crippen LogP contribution in [-0.2, 0) is 20.9 Å². The molecule has 2 unspecified atom stereocenters. The van der Waals surface area contributed by atoms with E-state index in [0.29, 0.717) is 24.2 Å². The van der Waals surface area contributed by atoms with Crippen molar-refractivity contribution < 1.29 is 29.3 Å². The number of aldehydes is 1. The summed E-state index contributed by atoms with van der Waals surface area (Å²) >= 11 is 0. The molecule has 0 aromatic heterocycles. The lowest BCUT2D eigenvalue weighted by Gasteiger charge is -2.21. The first-order valence-corrected chi connectivity index (χ1v) is 7.77. The van der Waals surface area contributed by atoms with Gasteiger partial charge in [0.2, 0.25) is 6.41 Å². The van der Waals surface area contributed by atoms with Gasteiger partial charge in [-0.2, -0.15) is 0 Å². The molecule has 8 heteroatoms. The van der Waals surface area contributed by atoms with Crippen molar-refractivity contribution in [2.45, 2.75) is 25.7 Å². The van der Waals surface area contributed by atoms with E-state index in [1.54, 1.807) is 18.2 Å². The molecule has 0 fully saturated rings. The molecule has 1 aromatic carbocycles. The predicted molar refractivity (Wildman–Crippen MR) is 91.7 cm³/mol. The molecule has 8 nitrogen and oxygen atoms in total. The number of aliphatic hydroxyl groups is 1. The molecule has 1 amide bonds. The number of aliphatic carboxylic acids is 1. The van der Waals surface area contributed by atoms with Crippen LogP contribution in [-0.4, -0.2) is 73.2 Å². The first-order valence-electron chi connectivity index (χ1n) is 7.77. The maximum absolute atomic E-state index is 11.3. The first kappa shape index (κ1) is 20.8. The number of nitrogens with zero attached hydrogens (tertiary/aromatic N) is 2. The monoisotopic (exact) mass is 352 g/mol. The standard InChI is InChI=1S/C17H24N2O6/c1-12(16(22)17(23)24)25-7-6-19(11-21)15-5-4-13(9-18(2)3)14(8-15)10-20/h4-5,8,10-12,16,22H,6-7,9H2,1-3H3,(H,23,24). The average molecular weight is 352 g/mol. The van der Waals surface area contributed by atoms with E-state index in [-0.39, 0.29) is 13.2 Å². The molecular formula is C17H24N2O6. The van der Waals surface area contributed by atoms with Crippen molar-refractivity contribution in [2.24, 2.45) is 0 Å². The zero-order valence-corrected chi connectivity index (χ0v) is 14.6. The van der Waals surface area contributed by atoms with E-state index >= 15 is 0 Å². The third-order valence-electron chi connectivity index (χ3n) is 3.61. The molecule has 2 atom stereocenters. The largest absolute Gasteiger partial charge is 0.479 e. The van der Waals surface area contributed by atoms with Crippen molar-refractivity contribution in [3.8, 4) is 0 Å². The molecule has 2 N–H and O–H groups in total. The lowest BCUT2D eigenvalue weighted by atomic mass is 10.1. The number of aliphatic hydroxyl groups excluding tert-OH is 1. The van der Waals surface area contributed by atoms with Crippen LogP contribution in [0.3, 0.4) is 0 Å². The molecule has 0 aliphatic heterocycles. The molecule has 0 spiro atoms. The van der Waals surface area contributed by atoms with Crippen LogP contribution < -0.4 is 4.90 Å². The van der Waals surface area contributed by atoms with Gasteiger partial charge < -0.3 is 24.7 Å². The van der Waals surface area contributed by atoms with Crippen LogP contribution in [0.1, 0.15) is 22.8 Å². The molecule has 0 radical (unpaired) electrons. The molecule has 1 aromatic rings. The van der Waals surface area contributed by atoms with Crippen molar-refractivity contribution in [3.05, 3.63) is 29.3 Å². The van der Waals surface area contributed by atoms with E-state index in [9.17, 15) is 19.5 Å². The smallest absolute Gasteiger partial charge is 0.335 e. The summed E-state index contributed by atoms with van der Waals surface area (Å²) in [7, 11) is 3.79. The van der Waals surface area contributed by atoms with Crippen LogP contribution >= 0.6 is 0 Å². The van der Waals surface area contributed by atoms with Crippen LogP contribution in [0, 0.1) is 0 Å². The molecule has 25 heavy (non-hydrogen) atoms. The summed E-state index contributed by atoms with van der Waals surface area (Å²) in [6, 6.07) is 5.14. The fraction of sp³-hybridized carbons (Fsp3) is 0.471. The number of carboxylic acid groups (broad SMARTS) is 1. The highest BCUT2D eigenvalue weighted by atomic mass is 16.5. The zero-order chi connectivity index (χ0) is 19.0. The van der Waals surface area contributed by atoms with Gasteiger partial charge in [0.25, 0.3) is 0 Å². The number of carbonyl (C=O) groups excluding carboxylic acids is 2. The Balaban J connectivity index is 2.75. The third-order valence-corrected chi connectivity index (χ3v) is 3.61. The van der Waals surface area contributed by atoms with Crippen molar-refractivity contribution in [1.29, 1.82) is 0 Å². The van der Waals surface area contributed by atoms with Crippen LogP contribution in [0.15, 0.2) is 18.2 Å². The van der Waals surface area contributed by atoms with Gasteiger partial charge in [0.1, 0.15) is 6.29 Å². The molecule has 0 aliphatic rings. The van der Waals surface area contributed by atoms with Gasteiger partial charge in [-0.1, -0.05) is 6.07 Å². The van der Waals surface area contributed by atoms with Gasteiger partial charge in [-0.15, -0.1) is 0 Å². The van der Waals surface area contributed by atoms with E-state index < -0.39 is 18.2 Å². The highest BCUT2D eigenvalue weighted by Gasteiger charge is 2.22. The number of rotatable bonds is 11. The number of carboxylic acids is 1. The molecule has 0 saturated heterocycles. The number of hydrogen-bond acceptors (Lipinski definition) is 6. The Bertz CT molecular complexity index is 605. The number of hydrogen-bond donors (Lipinski definition) is 2. The summed E-state index contributed by atoms with van der Waals surface area (Å²) in [5.41, 5.74) is 1.88. The number of benzene rings is 1. The molecule has 138 valence electrons. The lowest BCUT2D eigenvalue weighted by molar-refractivity contribution is -0.154. The second-order valence-corrected chi connectivity index (χ2v) is 5.90. The highest BCUT2D eigenvalue weighted by Crippen LogP contribution is 2.19. The van der Waals surface area contributed by atoms with Gasteiger partial charge in [0, 0.05) is 24.3 Å². The van der Waals surface area contributed by atoms with Crippen molar-refractivity contribution in [2.75, 3.05) is 32.1 Å². The first-order chi connectivity index (χ1) is 11.8. The Morgan fingerprint density at radius 1 is 1.32 bits per heavy atom. The van der Waals surface area contributed by atoms with Crippen LogP contribution in [0.25, 0.3) is 0 Å². The SMILES string of the molecule is CC(OCCN(C=O)c1ccc(CN(C)C)c(C=O)c1)C(O)C(=O)O. The summed E-state index contributed by atoms with van der Waals surface area (Å²) in [5, 5.41) is 18.1. The average Bonchev–Trinajstić information content (AvgIpc) is 2.57. The van der Waals surface area contributed by atoms with E-state index in [4.69, 9.17) is 9.84 Å². The molecular weight excluding hydrogens is 328 g/mol. The molecule has 1 rings (SSSR count). The normalized spacial score (nSPS) is 13.3. The van der Waals surface area contributed by atoms with E-state index in [0.717, 1.165) is 11.8 Å². The Labute approximate surface area is 146 Å². The fourth-order valence-electron chi connectivity index (χ4n) is 2.23. The van der Waals surface area contributed by atoms with Crippen molar-refractivity contribution in [3.63, 3.8) is 0 Å². The number of amides is 1. The Morgan fingerprint density at radius 2 is 2.00 bits per heavy atom. The summed E-state index contributed by atoms with van der Waals surface area (Å²) in [5.74, 6) is -1.37. The number of anilines is 1. The van der Waals surface area contributed by atoms with Gasteiger partial charge in [0.05, 0.1) is 12.7 Å². The van der Waals surface area contributed by atoms with Gasteiger partial charge in [-0.05, 0) is 38.7 Å². The maximum Gasteiger partial charge on any atom is 0.335 e. The molecule has 0 heterocycles. The number of ether oxygens (including phenoxy) is 1. The van der Waals surface area contributed by atoms with Gasteiger partial charge in [-0.3, -0.25) is 9.59 Å². The number of carbonyl (C=O) groups is 3. The van der Waals surface area contributed by atoms with Gasteiger partial charge in [-0.25, -0.2) is 4.79 Å². The second-order valence-electron chi connectivity index (χ2n) is 5.90. The van der Waals surface area contributed by atoms with Crippen LogP contribution in [0.2, 0.25) is 0 Å². The Hall–Kier alpha value is -2.29. The summed E-state index contributed by atoms with van der Waals surface area (Å²) in [6.07, 6.45) is -1.18. The predicted octanol–water partition coefficient (Wildman–Crippen LogP) is 0.374. The van der Waals surface area contributed by atoms with Crippen LogP contribution in [0.5, 0.6) is 0 Å². The lowest BCUT2D eigenvalue weighted by Crippen LogP contribution is -2.36. The fourth-order valence-corrected chi connectivity index (χ4v) is 2.23. The minimum Gasteiger partial charge on any atom is -0.479 e. The maximum atomic E-state index is 11.3. The van der Waals surface area contributed by atoms with E-state index in [1.165, 1.54) is 11.8 Å². The summed E-state index contributed by atoms with van der Waals surface area (Å²) < 4.78 is 5.24. The zero-order valence-electron chi connectivity index (χ0n) is 14.6. The second kappa shape index (κ2) is 9.87. The Kier molecular flexibility index (Phi) is 8.20. The van der Waals surface area contributed by atoms with E-state index in [1.807, 2.05) is 19.0 Å². The van der Waals surface area contributed by atoms with Crippen molar-refractivity contribution in [1.82, 2.24) is 4.90 Å². The van der Waals surface area contributed by atoms with Crippen molar-refractivity contribution >= 4 is 24.4 Å². The Morgan fingerprint density at radius 3 is 2.52 bits per heavy atom. The summed E-state index contributed by atoms with van der Waals surface area (Å²) in [4.78, 5) is 36.5. The molecule has 0 aliphatic carbocycles. The van der Waals surface area contributed by atoms with E-state index in [2.05, 4.69) is 0 Å². The summed E-state index contributed by atoms with van der Waals surface area (Å²) in [6.45, 7) is 2.24. The van der Waals surface area contributed by atoms with Gasteiger partial charge >= 0.3 is 5.97 Å². The molecule has 0 saturated carbocycles. The highest BCUT2D eigenvalue weighted by molar-refractivity contribution is 5.83. The minimum atomic E-state index is -1.63. The van der Waals surface area contributed by atoms with Gasteiger partial charge in [0.15, 0.2) is 6.10 Å². The van der Waals surface area contributed by atoms with Crippen LogP contribution in [0.4, 0.5) is 5.69 Å². The topological polar surface area (TPSA) is 107 Å². The minimum absolute atomic E-state index is 0.0418. The third kappa shape index (κ3) is 6.26. The molecule has 0 bridgehead atoms.